The van der Waals surface area contributed by atoms with Crippen LogP contribution in [-0.4, -0.2) is 18.0 Å². The Kier molecular flexibility index (Phi) is 5.78. The maximum absolute atomic E-state index is 12.4. The topological polar surface area (TPSA) is 55.4 Å². The summed E-state index contributed by atoms with van der Waals surface area (Å²) in [5.41, 5.74) is 2.33. The lowest BCUT2D eigenvalue weighted by atomic mass is 10.0. The largest absolute Gasteiger partial charge is 0.449 e. The van der Waals surface area contributed by atoms with Gasteiger partial charge < -0.3 is 10.1 Å². The Hall–Kier alpha value is -2.14. The first-order valence-electron chi connectivity index (χ1n) is 7.97. The Balaban J connectivity index is 2.05. The van der Waals surface area contributed by atoms with E-state index in [1.165, 1.54) is 11.3 Å². The molecule has 0 aliphatic carbocycles. The molecule has 1 amide bonds. The fourth-order valence-corrected chi connectivity index (χ4v) is 3.37. The summed E-state index contributed by atoms with van der Waals surface area (Å²) < 4.78 is 5.32. The molecule has 1 heterocycles. The molecule has 2 aromatic rings. The highest BCUT2D eigenvalue weighted by atomic mass is 32.1. The van der Waals surface area contributed by atoms with Gasteiger partial charge in [0.15, 0.2) is 6.10 Å². The Morgan fingerprint density at radius 2 is 1.79 bits per heavy atom. The lowest BCUT2D eigenvalue weighted by Crippen LogP contribution is -2.30. The van der Waals surface area contributed by atoms with E-state index in [0.29, 0.717) is 5.56 Å². The van der Waals surface area contributed by atoms with E-state index >= 15 is 0 Å². The molecule has 0 unspecified atom stereocenters. The summed E-state index contributed by atoms with van der Waals surface area (Å²) >= 11 is 1.54. The second-order valence-corrected chi connectivity index (χ2v) is 7.57. The standard InChI is InChI=1S/C19H23NO3S/c1-11(2)15-8-6-7-9-17(15)20-18(21)13(4)23-19(22)16-10-12(3)24-14(16)5/h6-11,13H,1-5H3,(H,20,21)/t13-/m0/s1. The van der Waals surface area contributed by atoms with Crippen molar-refractivity contribution in [2.75, 3.05) is 5.32 Å². The molecule has 0 bridgehead atoms. The Morgan fingerprint density at radius 1 is 1.12 bits per heavy atom. The number of rotatable bonds is 5. The normalized spacial score (nSPS) is 12.1. The second kappa shape index (κ2) is 7.62. The number of hydrogen-bond acceptors (Lipinski definition) is 4. The number of thiophene rings is 1. The van der Waals surface area contributed by atoms with Crippen molar-refractivity contribution in [2.45, 2.75) is 46.6 Å². The van der Waals surface area contributed by atoms with Crippen molar-refractivity contribution in [2.24, 2.45) is 0 Å². The van der Waals surface area contributed by atoms with E-state index < -0.39 is 12.1 Å². The second-order valence-electron chi connectivity index (χ2n) is 6.11. The number of para-hydroxylation sites is 1. The summed E-state index contributed by atoms with van der Waals surface area (Å²) in [6.45, 7) is 9.53. The van der Waals surface area contributed by atoms with Crippen LogP contribution in [0.4, 0.5) is 5.69 Å². The molecule has 1 aromatic heterocycles. The number of ether oxygens (including phenoxy) is 1. The SMILES string of the molecule is Cc1cc(C(=O)O[C@@H](C)C(=O)Nc2ccccc2C(C)C)c(C)s1. The van der Waals surface area contributed by atoms with Crippen LogP contribution in [0.2, 0.25) is 0 Å². The molecule has 1 atom stereocenters. The van der Waals surface area contributed by atoms with Gasteiger partial charge in [-0.15, -0.1) is 11.3 Å². The number of benzene rings is 1. The van der Waals surface area contributed by atoms with Crippen LogP contribution in [0.15, 0.2) is 30.3 Å². The van der Waals surface area contributed by atoms with Crippen LogP contribution in [-0.2, 0) is 9.53 Å². The van der Waals surface area contributed by atoms with E-state index in [1.807, 2.05) is 38.1 Å². The fourth-order valence-electron chi connectivity index (χ4n) is 2.46. The lowest BCUT2D eigenvalue weighted by molar-refractivity contribution is -0.123. The molecule has 2 rings (SSSR count). The quantitative estimate of drug-likeness (QED) is 0.801. The maximum Gasteiger partial charge on any atom is 0.340 e. The van der Waals surface area contributed by atoms with Crippen LogP contribution in [0.3, 0.4) is 0 Å². The summed E-state index contributed by atoms with van der Waals surface area (Å²) in [7, 11) is 0. The maximum atomic E-state index is 12.4. The summed E-state index contributed by atoms with van der Waals surface area (Å²) in [5, 5.41) is 2.85. The monoisotopic (exact) mass is 345 g/mol. The van der Waals surface area contributed by atoms with Crippen LogP contribution in [0.5, 0.6) is 0 Å². The number of carbonyl (C=O) groups is 2. The molecular formula is C19H23NO3S. The number of aryl methyl sites for hydroxylation is 2. The third-order valence-corrected chi connectivity index (χ3v) is 4.72. The van der Waals surface area contributed by atoms with Crippen molar-refractivity contribution in [3.05, 3.63) is 51.2 Å². The first-order chi connectivity index (χ1) is 11.3. The number of carbonyl (C=O) groups excluding carboxylic acids is 2. The van der Waals surface area contributed by atoms with Gasteiger partial charge in [0.2, 0.25) is 0 Å². The third kappa shape index (κ3) is 4.23. The molecule has 4 nitrogen and oxygen atoms in total. The molecule has 24 heavy (non-hydrogen) atoms. The van der Waals surface area contributed by atoms with Crippen LogP contribution in [0.1, 0.15) is 52.4 Å². The smallest absolute Gasteiger partial charge is 0.340 e. The van der Waals surface area contributed by atoms with Gasteiger partial charge in [0.25, 0.3) is 5.91 Å². The number of amides is 1. The van der Waals surface area contributed by atoms with Crippen LogP contribution in [0, 0.1) is 13.8 Å². The molecule has 0 spiro atoms. The summed E-state index contributed by atoms with van der Waals surface area (Å²) in [4.78, 5) is 26.5. The Bertz CT molecular complexity index is 749. The molecular weight excluding hydrogens is 322 g/mol. The molecule has 0 saturated carbocycles. The molecule has 5 heteroatoms. The van der Waals surface area contributed by atoms with E-state index in [2.05, 4.69) is 19.2 Å². The summed E-state index contributed by atoms with van der Waals surface area (Å²) in [5.74, 6) is -0.506. The molecule has 0 saturated heterocycles. The van der Waals surface area contributed by atoms with Gasteiger partial charge in [-0.3, -0.25) is 4.79 Å². The van der Waals surface area contributed by atoms with Crippen molar-refractivity contribution < 1.29 is 14.3 Å². The van der Waals surface area contributed by atoms with Crippen LogP contribution in [0.25, 0.3) is 0 Å². The van der Waals surface area contributed by atoms with Gasteiger partial charge in [-0.1, -0.05) is 32.0 Å². The average Bonchev–Trinajstić information content (AvgIpc) is 2.86. The number of esters is 1. The van der Waals surface area contributed by atoms with E-state index in [9.17, 15) is 9.59 Å². The predicted molar refractivity (Wildman–Crippen MR) is 97.8 cm³/mol. The highest BCUT2D eigenvalue weighted by Crippen LogP contribution is 2.24. The molecule has 1 aromatic carbocycles. The fraction of sp³-hybridized carbons (Fsp3) is 0.368. The minimum Gasteiger partial charge on any atom is -0.449 e. The van der Waals surface area contributed by atoms with Gasteiger partial charge in [-0.25, -0.2) is 4.79 Å². The zero-order valence-electron chi connectivity index (χ0n) is 14.7. The van der Waals surface area contributed by atoms with Gasteiger partial charge in [0.1, 0.15) is 0 Å². The predicted octanol–water partition coefficient (Wildman–Crippen LogP) is 4.67. The van der Waals surface area contributed by atoms with Gasteiger partial charge in [-0.05, 0) is 44.4 Å². The zero-order chi connectivity index (χ0) is 17.9. The van der Waals surface area contributed by atoms with Gasteiger partial charge in [0, 0.05) is 15.4 Å². The van der Waals surface area contributed by atoms with Crippen molar-refractivity contribution in [1.29, 1.82) is 0 Å². The molecule has 1 N–H and O–H groups in total. The van der Waals surface area contributed by atoms with Crippen molar-refractivity contribution >= 4 is 28.9 Å². The van der Waals surface area contributed by atoms with Gasteiger partial charge >= 0.3 is 5.97 Å². The van der Waals surface area contributed by atoms with E-state index in [0.717, 1.165) is 21.0 Å². The third-order valence-electron chi connectivity index (χ3n) is 3.75. The van der Waals surface area contributed by atoms with Crippen molar-refractivity contribution in [3.63, 3.8) is 0 Å². The number of anilines is 1. The van der Waals surface area contributed by atoms with Crippen molar-refractivity contribution in [3.8, 4) is 0 Å². The van der Waals surface area contributed by atoms with E-state index in [4.69, 9.17) is 4.74 Å². The molecule has 0 radical (unpaired) electrons. The molecule has 0 aliphatic heterocycles. The summed E-state index contributed by atoms with van der Waals surface area (Å²) in [6, 6.07) is 9.44. The van der Waals surface area contributed by atoms with Gasteiger partial charge in [0.05, 0.1) is 5.56 Å². The highest BCUT2D eigenvalue weighted by Gasteiger charge is 2.22. The van der Waals surface area contributed by atoms with E-state index in [1.54, 1.807) is 13.0 Å². The van der Waals surface area contributed by atoms with Crippen LogP contribution >= 0.6 is 11.3 Å². The summed E-state index contributed by atoms with van der Waals surface area (Å²) in [6.07, 6.45) is -0.864. The Labute approximate surface area is 146 Å². The Morgan fingerprint density at radius 3 is 2.38 bits per heavy atom. The number of nitrogens with one attached hydrogen (secondary N) is 1. The van der Waals surface area contributed by atoms with E-state index in [-0.39, 0.29) is 11.8 Å². The zero-order valence-corrected chi connectivity index (χ0v) is 15.5. The minimum atomic E-state index is -0.864. The number of hydrogen-bond donors (Lipinski definition) is 1. The first-order valence-corrected chi connectivity index (χ1v) is 8.79. The molecule has 0 aliphatic rings. The molecule has 128 valence electrons. The molecule has 0 fully saturated rings. The average molecular weight is 345 g/mol. The van der Waals surface area contributed by atoms with Crippen LogP contribution < -0.4 is 5.32 Å². The highest BCUT2D eigenvalue weighted by molar-refractivity contribution is 7.12. The minimum absolute atomic E-state index is 0.288. The van der Waals surface area contributed by atoms with Gasteiger partial charge in [-0.2, -0.15) is 0 Å². The van der Waals surface area contributed by atoms with Crippen molar-refractivity contribution in [1.82, 2.24) is 0 Å². The first kappa shape index (κ1) is 18.2. The lowest BCUT2D eigenvalue weighted by Gasteiger charge is -2.17.